The van der Waals surface area contributed by atoms with E-state index in [9.17, 15) is 33.9 Å². The smallest absolute Gasteiger partial charge is 0.335 e. The van der Waals surface area contributed by atoms with Crippen LogP contribution in [0.4, 0.5) is 17.2 Å². The number of aromatic nitrogens is 1. The Morgan fingerprint density at radius 3 is 1.13 bits per heavy atom. The van der Waals surface area contributed by atoms with Gasteiger partial charge in [0, 0.05) is 75.3 Å². The van der Waals surface area contributed by atoms with Gasteiger partial charge >= 0.3 is 5.97 Å². The predicted octanol–water partition coefficient (Wildman–Crippen LogP) is 7.18. The van der Waals surface area contributed by atoms with Gasteiger partial charge in [0.1, 0.15) is 37.7 Å². The average Bonchev–Trinajstić information content (AvgIpc) is 1.00. The van der Waals surface area contributed by atoms with E-state index in [2.05, 4.69) is 86.7 Å². The Bertz CT molecular complexity index is 3960. The van der Waals surface area contributed by atoms with Crippen LogP contribution in [-0.2, 0) is 33.3 Å². The number of pyridine rings is 1. The zero-order valence-corrected chi connectivity index (χ0v) is 56.5. The first-order valence-corrected chi connectivity index (χ1v) is 30.7. The van der Waals surface area contributed by atoms with Gasteiger partial charge < -0.3 is 67.8 Å². The molecule has 0 saturated carbocycles. The van der Waals surface area contributed by atoms with Gasteiger partial charge in [0.15, 0.2) is 17.3 Å². The lowest BCUT2D eigenvalue weighted by molar-refractivity contribution is -0.133. The van der Waals surface area contributed by atoms with Gasteiger partial charge in [-0.2, -0.15) is 0 Å². The van der Waals surface area contributed by atoms with E-state index in [0.717, 1.165) is 22.3 Å². The largest absolute Gasteiger partial charge is 0.478 e. The van der Waals surface area contributed by atoms with Crippen LogP contribution in [0.25, 0.3) is 0 Å². The minimum Gasteiger partial charge on any atom is -0.478 e. The van der Waals surface area contributed by atoms with E-state index in [4.69, 9.17) is 52.1 Å². The molecule has 0 fully saturated rings. The van der Waals surface area contributed by atoms with Crippen LogP contribution >= 0.6 is 0 Å². The number of nitrogen functional groups attached to an aromatic ring is 3. The van der Waals surface area contributed by atoms with Crippen molar-refractivity contribution in [1.29, 1.82) is 0 Å². The minimum atomic E-state index is -1.17. The van der Waals surface area contributed by atoms with Crippen LogP contribution in [-0.4, -0.2) is 136 Å². The number of nitrogens with two attached hydrogens (primary N) is 4. The summed E-state index contributed by atoms with van der Waals surface area (Å²) in [4.78, 5) is 75.4. The van der Waals surface area contributed by atoms with Crippen molar-refractivity contribution in [3.05, 3.63) is 190 Å². The maximum atomic E-state index is 12.8. The fourth-order valence-electron chi connectivity index (χ4n) is 7.93. The molecule has 0 saturated heterocycles. The summed E-state index contributed by atoms with van der Waals surface area (Å²) >= 11 is 0. The molecule has 1 heterocycles. The molecule has 6 rings (SSSR count). The molecule has 0 aliphatic heterocycles. The van der Waals surface area contributed by atoms with Crippen LogP contribution in [0, 0.1) is 71.0 Å². The Balaban J connectivity index is 0.000000351. The van der Waals surface area contributed by atoms with Gasteiger partial charge in [-0.15, -0.1) is 0 Å². The molecule has 20 heteroatoms. The van der Waals surface area contributed by atoms with Gasteiger partial charge in [-0.1, -0.05) is 35.5 Å². The van der Waals surface area contributed by atoms with Crippen molar-refractivity contribution in [3.63, 3.8) is 0 Å². The number of nitrogens with one attached hydrogen (secondary N) is 2. The van der Waals surface area contributed by atoms with Gasteiger partial charge in [0.2, 0.25) is 0 Å². The SMILES string of the molecule is CCOCC(=O)C(N)[C@@H](C)OC(C)(C)C.CCOCC(=O)C(NC(=O)c1ccc(C#CC#Cc2ccc(N)cc2)cc1)[C@@H](C)OC(C)(C)C.C[C@@H](O)C(NC(=O)c1ccc(C#CC#Cc2ccc(N)cc2)cc1)C(=O)CO.Nc1ccc(C#CC#Cc2ccc(C(=O)O)cc2)cn1. The summed E-state index contributed by atoms with van der Waals surface area (Å²) in [6.07, 6.45) is -0.362. The third-order valence-electron chi connectivity index (χ3n) is 12.7. The lowest BCUT2D eigenvalue weighted by Crippen LogP contribution is -2.51. The molecule has 97 heavy (non-hydrogen) atoms. The predicted molar refractivity (Wildman–Crippen MR) is 376 cm³/mol. The van der Waals surface area contributed by atoms with Crippen LogP contribution < -0.4 is 33.6 Å². The topological polar surface area (TPSA) is 341 Å². The number of hydrogen-bond acceptors (Lipinski definition) is 17. The summed E-state index contributed by atoms with van der Waals surface area (Å²) in [6.45, 7) is 20.2. The van der Waals surface area contributed by atoms with Crippen molar-refractivity contribution in [2.24, 2.45) is 5.73 Å². The number of ether oxygens (including phenoxy) is 4. The number of ketones is 3. The van der Waals surface area contributed by atoms with Crippen molar-refractivity contribution < 1.29 is 63.0 Å². The molecule has 20 nitrogen and oxygen atoms in total. The number of rotatable bonds is 20. The molecule has 1 aromatic heterocycles. The first kappa shape index (κ1) is 80.4. The van der Waals surface area contributed by atoms with Crippen LogP contribution in [0.3, 0.4) is 0 Å². The van der Waals surface area contributed by atoms with Gasteiger partial charge in [-0.05, 0) is 245 Å². The number of anilines is 3. The van der Waals surface area contributed by atoms with Crippen molar-refractivity contribution in [2.75, 3.05) is 50.2 Å². The third kappa shape index (κ3) is 32.7. The molecule has 506 valence electrons. The standard InChI is InChI=1S/C28H32N2O4.C22H20N2O4.C16H10N2O2.C11H23NO3/c1-6-33-19-25(31)26(20(2)34-28(3,4)5)30-27(32)23-15-11-21(12-16-23)9-7-8-10-22-13-17-24(29)18-14-22;1-15(26)21(20(27)14-25)24-22(28)18-10-6-16(7-11-18)4-2-3-5-17-8-12-19(23)13-9-17;17-15-10-7-13(11-18-15)4-2-1-3-12-5-8-14(9-6-12)16(19)20;1-6-14-7-9(13)10(12)8(2)15-11(3,4)5/h11-18,20,26H,6,19,29H2,1-5H3,(H,30,32);6-13,15,21,25-26H,14,23H2,1H3,(H,24,28);5-11H,(H2,17,18)(H,19,20);8,10H,6-7,12H2,1-5H3/t20-,26?;15-,21?;;8-,10?/m11.1/s1. The lowest BCUT2D eigenvalue weighted by Gasteiger charge is -2.30. The number of hydrogen-bond donors (Lipinski definition) is 9. The molecule has 13 N–H and O–H groups in total. The number of carbonyl (C=O) groups excluding carboxylic acids is 5. The second-order valence-corrected chi connectivity index (χ2v) is 23.1. The highest BCUT2D eigenvalue weighted by Crippen LogP contribution is 2.16. The number of aromatic carboxylic acids is 1. The molecule has 0 radical (unpaired) electrons. The number of benzene rings is 5. The Morgan fingerprint density at radius 1 is 0.474 bits per heavy atom. The Kier molecular flexibility index (Phi) is 34.6. The van der Waals surface area contributed by atoms with Gasteiger partial charge in [0.25, 0.3) is 11.8 Å². The van der Waals surface area contributed by atoms with E-state index in [-0.39, 0.29) is 48.0 Å². The molecule has 2 amide bonds. The van der Waals surface area contributed by atoms with Crippen LogP contribution in [0.2, 0.25) is 0 Å². The third-order valence-corrected chi connectivity index (χ3v) is 12.7. The number of carboxylic acids is 1. The fourth-order valence-corrected chi connectivity index (χ4v) is 7.93. The molecule has 5 aromatic carbocycles. The fraction of sp³-hybridized carbons (Fsp3) is 0.312. The normalized spacial score (nSPS) is 12.1. The number of amides is 2. The number of carboxylic acid groups (broad SMARTS) is 1. The second kappa shape index (κ2) is 41.8. The number of carbonyl (C=O) groups is 6. The summed E-state index contributed by atoms with van der Waals surface area (Å²) in [5, 5.41) is 32.5. The van der Waals surface area contributed by atoms with Crippen molar-refractivity contribution in [3.8, 4) is 71.0 Å². The Morgan fingerprint density at radius 2 is 0.804 bits per heavy atom. The van der Waals surface area contributed by atoms with Gasteiger partial charge in [-0.25, -0.2) is 9.78 Å². The van der Waals surface area contributed by atoms with Crippen LogP contribution in [0.1, 0.15) is 141 Å². The second-order valence-electron chi connectivity index (χ2n) is 23.1. The average molecular weight is 1320 g/mol. The molecule has 6 atom stereocenters. The van der Waals surface area contributed by atoms with Crippen LogP contribution in [0.5, 0.6) is 0 Å². The number of nitrogens with zero attached hydrogens (tertiary/aromatic N) is 1. The van der Waals surface area contributed by atoms with Crippen molar-refractivity contribution >= 4 is 52.3 Å². The molecule has 0 aliphatic rings. The molecule has 0 aliphatic carbocycles. The molecule has 0 spiro atoms. The zero-order valence-electron chi connectivity index (χ0n) is 56.5. The number of aliphatic hydroxyl groups is 2. The molecular weight excluding hydrogens is 1230 g/mol. The van der Waals surface area contributed by atoms with Crippen molar-refractivity contribution in [2.45, 2.75) is 124 Å². The highest BCUT2D eigenvalue weighted by molar-refractivity contribution is 5.99. The minimum absolute atomic E-state index is 0.0650. The van der Waals surface area contributed by atoms with Gasteiger partial charge in [-0.3, -0.25) is 24.0 Å². The lowest BCUT2D eigenvalue weighted by atomic mass is 10.0. The summed E-state index contributed by atoms with van der Waals surface area (Å²) < 4.78 is 21.8. The maximum Gasteiger partial charge on any atom is 0.335 e. The van der Waals surface area contributed by atoms with E-state index in [1.54, 1.807) is 129 Å². The zero-order chi connectivity index (χ0) is 72.1. The van der Waals surface area contributed by atoms with E-state index in [0.29, 0.717) is 52.7 Å². The molecule has 6 aromatic rings. The highest BCUT2D eigenvalue weighted by Gasteiger charge is 2.31. The number of aliphatic hydroxyl groups excluding tert-OH is 2. The monoisotopic (exact) mass is 1320 g/mol. The van der Waals surface area contributed by atoms with Crippen molar-refractivity contribution in [1.82, 2.24) is 15.6 Å². The van der Waals surface area contributed by atoms with E-state index in [1.165, 1.54) is 19.1 Å². The first-order chi connectivity index (χ1) is 45.9. The van der Waals surface area contributed by atoms with E-state index < -0.39 is 60.2 Å². The first-order valence-electron chi connectivity index (χ1n) is 30.7. The van der Waals surface area contributed by atoms with E-state index in [1.807, 2.05) is 67.5 Å². The molecule has 0 bridgehead atoms. The summed E-state index contributed by atoms with van der Waals surface area (Å²) in [7, 11) is 0. The Labute approximate surface area is 569 Å². The summed E-state index contributed by atoms with van der Waals surface area (Å²) in [5.41, 5.74) is 28.5. The summed E-state index contributed by atoms with van der Waals surface area (Å²) in [5.74, 6) is 31.4. The molecule has 3 unspecified atom stereocenters. The molecular formula is C77H85N7O13. The summed E-state index contributed by atoms with van der Waals surface area (Å²) in [6, 6.07) is 34.7. The maximum absolute atomic E-state index is 12.8. The van der Waals surface area contributed by atoms with Gasteiger partial charge in [0.05, 0.1) is 41.1 Å². The van der Waals surface area contributed by atoms with E-state index >= 15 is 0 Å². The van der Waals surface area contributed by atoms with Crippen LogP contribution in [0.15, 0.2) is 140 Å². The number of Topliss-reactive ketones (excluding diaryl/α,β-unsaturated/α-hetero) is 3. The highest BCUT2D eigenvalue weighted by atomic mass is 16.5. The Hall–Kier alpha value is -10.9. The quantitative estimate of drug-likeness (QED) is 0.0270.